The van der Waals surface area contributed by atoms with Crippen molar-refractivity contribution < 1.29 is 22.0 Å². The highest BCUT2D eigenvalue weighted by Gasteiger charge is 2.31. The SMILES string of the molecule is Cc1nc(CN(C(=O)c2ccc(S(=O)(=O)N3CCCCC3)o2)c2ccc(F)cc2)cs1. The van der Waals surface area contributed by atoms with E-state index in [2.05, 4.69) is 4.98 Å². The molecule has 0 unspecified atom stereocenters. The Bertz CT molecular complexity index is 1170. The summed E-state index contributed by atoms with van der Waals surface area (Å²) < 4.78 is 46.0. The molecule has 1 aromatic carbocycles. The molecule has 1 aliphatic rings. The summed E-state index contributed by atoms with van der Waals surface area (Å²) in [5, 5.41) is 2.45. The van der Waals surface area contributed by atoms with Crippen molar-refractivity contribution in [1.82, 2.24) is 9.29 Å². The summed E-state index contributed by atoms with van der Waals surface area (Å²) >= 11 is 1.46. The molecule has 0 radical (unpaired) electrons. The number of carbonyl (C=O) groups is 1. The fourth-order valence-electron chi connectivity index (χ4n) is 3.48. The van der Waals surface area contributed by atoms with E-state index in [0.29, 0.717) is 24.5 Å². The van der Waals surface area contributed by atoms with Crippen LogP contribution in [0.5, 0.6) is 0 Å². The first kappa shape index (κ1) is 21.7. The fourth-order valence-corrected chi connectivity index (χ4v) is 5.52. The third kappa shape index (κ3) is 4.70. The lowest BCUT2D eigenvalue weighted by Gasteiger charge is -2.24. The molecule has 1 fully saturated rings. The number of hydrogen-bond acceptors (Lipinski definition) is 6. The molecule has 10 heteroatoms. The second-order valence-electron chi connectivity index (χ2n) is 7.31. The summed E-state index contributed by atoms with van der Waals surface area (Å²) in [5.74, 6) is -1.06. The van der Waals surface area contributed by atoms with Crippen LogP contribution in [0.1, 0.15) is 40.5 Å². The maximum absolute atomic E-state index is 13.4. The van der Waals surface area contributed by atoms with Crippen molar-refractivity contribution in [3.63, 3.8) is 0 Å². The Balaban J connectivity index is 1.63. The lowest BCUT2D eigenvalue weighted by Crippen LogP contribution is -2.35. The molecule has 3 aromatic rings. The van der Waals surface area contributed by atoms with Crippen LogP contribution < -0.4 is 4.90 Å². The molecule has 0 aliphatic carbocycles. The van der Waals surface area contributed by atoms with Gasteiger partial charge in [-0.15, -0.1) is 11.3 Å². The Morgan fingerprint density at radius 1 is 1.16 bits per heavy atom. The van der Waals surface area contributed by atoms with Crippen molar-refractivity contribution in [1.29, 1.82) is 0 Å². The van der Waals surface area contributed by atoms with Crippen LogP contribution in [0.3, 0.4) is 0 Å². The predicted octanol–water partition coefficient (Wildman–Crippen LogP) is 4.21. The molecule has 0 atom stereocenters. The van der Waals surface area contributed by atoms with Gasteiger partial charge in [0.2, 0.25) is 5.09 Å². The molecule has 1 aliphatic heterocycles. The fraction of sp³-hybridized carbons (Fsp3) is 0.333. The van der Waals surface area contributed by atoms with Gasteiger partial charge in [-0.05, 0) is 56.2 Å². The van der Waals surface area contributed by atoms with E-state index in [9.17, 15) is 17.6 Å². The summed E-state index contributed by atoms with van der Waals surface area (Å²) in [6.07, 6.45) is 2.60. The van der Waals surface area contributed by atoms with Gasteiger partial charge < -0.3 is 4.42 Å². The molecule has 4 rings (SSSR count). The third-order valence-electron chi connectivity index (χ3n) is 5.07. The molecule has 2 aromatic heterocycles. The van der Waals surface area contributed by atoms with Gasteiger partial charge >= 0.3 is 0 Å². The number of hydrogen-bond donors (Lipinski definition) is 0. The summed E-state index contributed by atoms with van der Waals surface area (Å²) in [7, 11) is -3.79. The number of halogens is 1. The van der Waals surface area contributed by atoms with E-state index in [4.69, 9.17) is 4.42 Å². The van der Waals surface area contributed by atoms with Crippen LogP contribution in [0.4, 0.5) is 10.1 Å². The summed E-state index contributed by atoms with van der Waals surface area (Å²) in [6.45, 7) is 2.89. The van der Waals surface area contributed by atoms with Gasteiger partial charge in [0.15, 0.2) is 5.76 Å². The highest BCUT2D eigenvalue weighted by Crippen LogP contribution is 2.26. The number of furan rings is 1. The number of aromatic nitrogens is 1. The highest BCUT2D eigenvalue weighted by atomic mass is 32.2. The second-order valence-corrected chi connectivity index (χ2v) is 10.2. The van der Waals surface area contributed by atoms with E-state index < -0.39 is 21.7 Å². The van der Waals surface area contributed by atoms with Gasteiger partial charge in [0.25, 0.3) is 15.9 Å². The largest absolute Gasteiger partial charge is 0.438 e. The van der Waals surface area contributed by atoms with Gasteiger partial charge in [-0.3, -0.25) is 9.69 Å². The molecule has 0 bridgehead atoms. The third-order valence-corrected chi connectivity index (χ3v) is 7.67. The first-order valence-electron chi connectivity index (χ1n) is 9.93. The van der Waals surface area contributed by atoms with E-state index in [1.165, 1.54) is 56.9 Å². The summed E-state index contributed by atoms with van der Waals surface area (Å²) in [4.78, 5) is 19.0. The first-order chi connectivity index (χ1) is 14.8. The average molecular weight is 464 g/mol. The number of nitrogens with zero attached hydrogens (tertiary/aromatic N) is 3. The molecular formula is C21H22FN3O4S2. The Morgan fingerprint density at radius 2 is 1.87 bits per heavy atom. The molecule has 164 valence electrons. The number of benzene rings is 1. The van der Waals surface area contributed by atoms with Crippen molar-refractivity contribution in [2.45, 2.75) is 37.8 Å². The molecule has 31 heavy (non-hydrogen) atoms. The number of piperidine rings is 1. The van der Waals surface area contributed by atoms with Gasteiger partial charge in [-0.25, -0.2) is 17.8 Å². The van der Waals surface area contributed by atoms with E-state index in [1.54, 1.807) is 0 Å². The van der Waals surface area contributed by atoms with Crippen LogP contribution in [-0.2, 0) is 16.6 Å². The van der Waals surface area contributed by atoms with Crippen LogP contribution >= 0.6 is 11.3 Å². The molecular weight excluding hydrogens is 441 g/mol. The Hall–Kier alpha value is -2.56. The maximum atomic E-state index is 13.4. The molecule has 0 N–H and O–H groups in total. The number of rotatable bonds is 6. The van der Waals surface area contributed by atoms with E-state index in [0.717, 1.165) is 24.3 Å². The lowest BCUT2D eigenvalue weighted by atomic mass is 10.2. The van der Waals surface area contributed by atoms with Crippen LogP contribution in [0.15, 0.2) is 51.3 Å². The van der Waals surface area contributed by atoms with Gasteiger partial charge in [-0.2, -0.15) is 4.31 Å². The Morgan fingerprint density at radius 3 is 2.52 bits per heavy atom. The maximum Gasteiger partial charge on any atom is 0.294 e. The van der Waals surface area contributed by atoms with E-state index in [-0.39, 0.29) is 17.4 Å². The number of thiazole rings is 1. The predicted molar refractivity (Wildman–Crippen MR) is 115 cm³/mol. The van der Waals surface area contributed by atoms with E-state index >= 15 is 0 Å². The van der Waals surface area contributed by atoms with Crippen molar-refractivity contribution in [2.75, 3.05) is 18.0 Å². The number of carbonyl (C=O) groups excluding carboxylic acids is 1. The zero-order chi connectivity index (χ0) is 22.0. The molecule has 7 nitrogen and oxygen atoms in total. The van der Waals surface area contributed by atoms with Gasteiger partial charge in [0, 0.05) is 24.2 Å². The van der Waals surface area contributed by atoms with Crippen LogP contribution in [0.25, 0.3) is 0 Å². The Labute approximate surface area is 184 Å². The van der Waals surface area contributed by atoms with E-state index in [1.807, 2.05) is 12.3 Å². The average Bonchev–Trinajstić information content (AvgIpc) is 3.43. The molecule has 0 spiro atoms. The highest BCUT2D eigenvalue weighted by molar-refractivity contribution is 7.89. The minimum atomic E-state index is -3.79. The van der Waals surface area contributed by atoms with Crippen LogP contribution in [-0.4, -0.2) is 36.7 Å². The lowest BCUT2D eigenvalue weighted by molar-refractivity contribution is 0.0952. The van der Waals surface area contributed by atoms with Gasteiger partial charge in [0.05, 0.1) is 17.2 Å². The number of anilines is 1. The standard InChI is InChI=1S/C21H22FN3O4S2/c1-15-23-17(14-30-15)13-25(18-7-5-16(22)6-8-18)21(26)19-9-10-20(29-19)31(27,28)24-11-3-2-4-12-24/h5-10,14H,2-4,11-13H2,1H3. The summed E-state index contributed by atoms with van der Waals surface area (Å²) in [5.41, 5.74) is 1.13. The van der Waals surface area contributed by atoms with Crippen molar-refractivity contribution in [3.05, 3.63) is 64.1 Å². The number of sulfonamides is 1. The first-order valence-corrected chi connectivity index (χ1v) is 12.2. The topological polar surface area (TPSA) is 83.7 Å². The second kappa shape index (κ2) is 8.89. The van der Waals surface area contributed by atoms with Crippen molar-refractivity contribution in [3.8, 4) is 0 Å². The zero-order valence-corrected chi connectivity index (χ0v) is 18.6. The number of aryl methyl sites for hydroxylation is 1. The minimum absolute atomic E-state index is 0.105. The quantitative estimate of drug-likeness (QED) is 0.547. The smallest absolute Gasteiger partial charge is 0.294 e. The normalized spacial score (nSPS) is 15.2. The molecule has 0 saturated carbocycles. The van der Waals surface area contributed by atoms with Gasteiger partial charge in [0.1, 0.15) is 5.82 Å². The zero-order valence-electron chi connectivity index (χ0n) is 17.0. The molecule has 1 saturated heterocycles. The molecule has 1 amide bonds. The number of amides is 1. The summed E-state index contributed by atoms with van der Waals surface area (Å²) in [6, 6.07) is 8.17. The van der Waals surface area contributed by atoms with Crippen molar-refractivity contribution in [2.24, 2.45) is 0 Å². The van der Waals surface area contributed by atoms with Crippen molar-refractivity contribution >= 4 is 33.0 Å². The minimum Gasteiger partial charge on any atom is -0.438 e. The Kier molecular flexibility index (Phi) is 6.22. The van der Waals surface area contributed by atoms with Crippen LogP contribution in [0, 0.1) is 12.7 Å². The van der Waals surface area contributed by atoms with Gasteiger partial charge in [-0.1, -0.05) is 6.42 Å². The monoisotopic (exact) mass is 463 g/mol. The van der Waals surface area contributed by atoms with Crippen LogP contribution in [0.2, 0.25) is 0 Å². The molecule has 3 heterocycles.